The van der Waals surface area contributed by atoms with E-state index in [4.69, 9.17) is 20.7 Å². The fourth-order valence-corrected chi connectivity index (χ4v) is 3.60. The van der Waals surface area contributed by atoms with Crippen molar-refractivity contribution in [1.82, 2.24) is 0 Å². The van der Waals surface area contributed by atoms with Gasteiger partial charge in [-0.3, -0.25) is 0 Å². The number of nitrogens with two attached hydrogens (primary N) is 1. The largest absolute Gasteiger partial charge is 0.346 e. The third-order valence-electron chi connectivity index (χ3n) is 4.46. The van der Waals surface area contributed by atoms with Gasteiger partial charge >= 0.3 is 0 Å². The van der Waals surface area contributed by atoms with Gasteiger partial charge in [0, 0.05) is 6.04 Å². The minimum atomic E-state index is -1.65. The van der Waals surface area contributed by atoms with E-state index in [0.29, 0.717) is 17.9 Å². The Morgan fingerprint density at radius 1 is 1.31 bits per heavy atom. The van der Waals surface area contributed by atoms with Crippen LogP contribution in [0.3, 0.4) is 0 Å². The van der Waals surface area contributed by atoms with Gasteiger partial charge in [-0.2, -0.15) is 0 Å². The highest BCUT2D eigenvalue weighted by Crippen LogP contribution is 2.49. The summed E-state index contributed by atoms with van der Waals surface area (Å²) < 4.78 is 5.07. The Labute approximate surface area is 96.8 Å². The smallest absolute Gasteiger partial charge is 0.266 e. The number of hydrogen-bond acceptors (Lipinski definition) is 4. The first-order valence-electron chi connectivity index (χ1n) is 6.39. The predicted octanol–water partition coefficient (Wildman–Crippen LogP) is 0.813. The average Bonchev–Trinajstić information content (AvgIpc) is 2.80. The van der Waals surface area contributed by atoms with E-state index in [1.165, 1.54) is 19.3 Å². The van der Waals surface area contributed by atoms with Gasteiger partial charge in [-0.1, -0.05) is 6.92 Å². The van der Waals surface area contributed by atoms with Gasteiger partial charge in [0.1, 0.15) is 0 Å². The van der Waals surface area contributed by atoms with Gasteiger partial charge < -0.3 is 20.7 Å². The number of aliphatic hydroxyl groups excluding tert-OH is 1. The van der Waals surface area contributed by atoms with Crippen LogP contribution in [0.4, 0.5) is 0 Å². The molecule has 2 bridgehead atoms. The quantitative estimate of drug-likeness (QED) is 0.610. The normalized spacial score (nSPS) is 39.6. The maximum atomic E-state index is 8.83. The van der Waals surface area contributed by atoms with Crippen LogP contribution in [0.15, 0.2) is 0 Å². The maximum Gasteiger partial charge on any atom is 0.266 e. The molecule has 0 aliphatic heterocycles. The van der Waals surface area contributed by atoms with Crippen LogP contribution in [0, 0.1) is 17.8 Å². The minimum absolute atomic E-state index is 0.0737. The van der Waals surface area contributed by atoms with Gasteiger partial charge in [-0.25, -0.2) is 0 Å². The lowest BCUT2D eigenvalue weighted by Gasteiger charge is -2.31. The molecular weight excluding hydrogens is 206 g/mol. The molecule has 0 heterocycles. The molecule has 0 spiro atoms. The molecule has 0 aromatic carbocycles. The van der Waals surface area contributed by atoms with Crippen molar-refractivity contribution in [2.45, 2.75) is 57.6 Å². The Bertz CT molecular complexity index is 232. The Morgan fingerprint density at radius 3 is 2.50 bits per heavy atom. The molecule has 0 radical (unpaired) electrons. The first kappa shape index (κ1) is 12.3. The lowest BCUT2D eigenvalue weighted by atomic mass is 9.81. The molecule has 16 heavy (non-hydrogen) atoms. The Kier molecular flexibility index (Phi) is 3.85. The van der Waals surface area contributed by atoms with Crippen LogP contribution < -0.4 is 5.73 Å². The highest BCUT2D eigenvalue weighted by atomic mass is 16.7. The number of hydrogen-bond donors (Lipinski definition) is 3. The molecule has 0 amide bonds. The maximum absolute atomic E-state index is 8.83. The van der Waals surface area contributed by atoms with Gasteiger partial charge in [0.2, 0.25) is 0 Å². The standard InChI is InChI=1S/C12H23NO3/c1-2-9(16-12(14)15)6-10-7-3-4-8(5-7)11(10)13/h7-12,14-15H,2-6,13H2,1H3. The summed E-state index contributed by atoms with van der Waals surface area (Å²) >= 11 is 0. The second-order valence-corrected chi connectivity index (χ2v) is 5.30. The van der Waals surface area contributed by atoms with Crippen molar-refractivity contribution in [1.29, 1.82) is 0 Å². The molecule has 2 rings (SSSR count). The Morgan fingerprint density at radius 2 is 2.00 bits per heavy atom. The van der Waals surface area contributed by atoms with Gasteiger partial charge in [0.25, 0.3) is 6.48 Å². The molecule has 0 saturated heterocycles. The number of fused-ring (bicyclic) bond motifs is 2. The van der Waals surface area contributed by atoms with E-state index in [0.717, 1.165) is 18.8 Å². The lowest BCUT2D eigenvalue weighted by Crippen LogP contribution is -2.38. The lowest BCUT2D eigenvalue weighted by molar-refractivity contribution is -0.259. The van der Waals surface area contributed by atoms with E-state index in [-0.39, 0.29) is 6.10 Å². The molecule has 2 aliphatic rings. The molecule has 4 N–H and O–H groups in total. The fraction of sp³-hybridized carbons (Fsp3) is 1.00. The monoisotopic (exact) mass is 229 g/mol. The molecule has 2 aliphatic carbocycles. The highest BCUT2D eigenvalue weighted by molar-refractivity contribution is 4.99. The molecule has 94 valence electrons. The zero-order valence-corrected chi connectivity index (χ0v) is 9.88. The minimum Gasteiger partial charge on any atom is -0.346 e. The molecule has 4 heteroatoms. The van der Waals surface area contributed by atoms with E-state index < -0.39 is 6.48 Å². The van der Waals surface area contributed by atoms with Crippen molar-refractivity contribution in [3.05, 3.63) is 0 Å². The van der Waals surface area contributed by atoms with Crippen molar-refractivity contribution >= 4 is 0 Å². The number of rotatable bonds is 5. The molecule has 5 atom stereocenters. The zero-order valence-electron chi connectivity index (χ0n) is 9.88. The molecule has 4 nitrogen and oxygen atoms in total. The number of aliphatic hydroxyl groups is 2. The molecule has 0 aromatic heterocycles. The van der Waals surface area contributed by atoms with E-state index in [1.807, 2.05) is 6.92 Å². The van der Waals surface area contributed by atoms with Gasteiger partial charge in [0.05, 0.1) is 6.10 Å². The van der Waals surface area contributed by atoms with Crippen LogP contribution >= 0.6 is 0 Å². The predicted molar refractivity (Wildman–Crippen MR) is 60.3 cm³/mol. The van der Waals surface area contributed by atoms with Crippen LogP contribution in [0.1, 0.15) is 39.0 Å². The van der Waals surface area contributed by atoms with Crippen molar-refractivity contribution in [2.24, 2.45) is 23.5 Å². The molecule has 0 aromatic rings. The summed E-state index contributed by atoms with van der Waals surface area (Å²) in [4.78, 5) is 0. The first-order valence-corrected chi connectivity index (χ1v) is 6.39. The molecule has 2 fully saturated rings. The van der Waals surface area contributed by atoms with Crippen LogP contribution in [0.2, 0.25) is 0 Å². The SMILES string of the molecule is CCC(CC1C2CCC(C2)C1N)OC(O)O. The molecular formula is C12H23NO3. The third-order valence-corrected chi connectivity index (χ3v) is 4.46. The van der Waals surface area contributed by atoms with Crippen molar-refractivity contribution in [3.63, 3.8) is 0 Å². The molecule has 5 unspecified atom stereocenters. The summed E-state index contributed by atoms with van der Waals surface area (Å²) in [6, 6.07) is 0.298. The zero-order chi connectivity index (χ0) is 11.7. The summed E-state index contributed by atoms with van der Waals surface area (Å²) in [7, 11) is 0. The van der Waals surface area contributed by atoms with Crippen LogP contribution in [-0.2, 0) is 4.74 Å². The summed E-state index contributed by atoms with van der Waals surface area (Å²) in [6.45, 7) is 0.353. The second-order valence-electron chi connectivity index (χ2n) is 5.30. The van der Waals surface area contributed by atoms with Crippen LogP contribution in [0.25, 0.3) is 0 Å². The highest BCUT2D eigenvalue weighted by Gasteiger charge is 2.46. The topological polar surface area (TPSA) is 75.7 Å². The van der Waals surface area contributed by atoms with Crippen LogP contribution in [-0.4, -0.2) is 28.8 Å². The van der Waals surface area contributed by atoms with E-state index in [2.05, 4.69) is 0 Å². The second kappa shape index (κ2) is 5.00. The van der Waals surface area contributed by atoms with Gasteiger partial charge in [-0.05, 0) is 49.9 Å². The van der Waals surface area contributed by atoms with E-state index in [9.17, 15) is 0 Å². The van der Waals surface area contributed by atoms with Crippen molar-refractivity contribution in [2.75, 3.05) is 0 Å². The first-order chi connectivity index (χ1) is 7.61. The third kappa shape index (κ3) is 2.40. The van der Waals surface area contributed by atoms with Crippen LogP contribution in [0.5, 0.6) is 0 Å². The van der Waals surface area contributed by atoms with E-state index >= 15 is 0 Å². The fourth-order valence-electron chi connectivity index (χ4n) is 3.60. The van der Waals surface area contributed by atoms with Gasteiger partial charge in [-0.15, -0.1) is 0 Å². The summed E-state index contributed by atoms with van der Waals surface area (Å²) in [5.41, 5.74) is 6.22. The van der Waals surface area contributed by atoms with Gasteiger partial charge in [0.15, 0.2) is 0 Å². The van der Waals surface area contributed by atoms with Crippen molar-refractivity contribution < 1.29 is 14.9 Å². The molecule has 2 saturated carbocycles. The summed E-state index contributed by atoms with van der Waals surface area (Å²) in [6.07, 6.45) is 5.44. The van der Waals surface area contributed by atoms with E-state index in [1.54, 1.807) is 0 Å². The summed E-state index contributed by atoms with van der Waals surface area (Å²) in [5.74, 6) is 1.96. The Hall–Kier alpha value is -0.160. The average molecular weight is 229 g/mol. The Balaban J connectivity index is 1.88. The van der Waals surface area contributed by atoms with Crippen molar-refractivity contribution in [3.8, 4) is 0 Å². The number of ether oxygens (including phenoxy) is 1. The summed E-state index contributed by atoms with van der Waals surface area (Å²) in [5, 5.41) is 17.7.